The van der Waals surface area contributed by atoms with E-state index in [0.29, 0.717) is 0 Å². The average molecular weight is 269 g/mol. The second-order valence-corrected chi connectivity index (χ2v) is 5.43. The zero-order valence-corrected chi connectivity index (χ0v) is 10.6. The van der Waals surface area contributed by atoms with Crippen molar-refractivity contribution in [3.05, 3.63) is 33.8 Å². The summed E-state index contributed by atoms with van der Waals surface area (Å²) in [5, 5.41) is 10.1. The van der Waals surface area contributed by atoms with Crippen LogP contribution in [0, 0.1) is 12.8 Å². The SMILES string of the molecule is Cc1ccc(Br)c(C(O)CC2CCC2)c1. The van der Waals surface area contributed by atoms with Gasteiger partial charge in [-0.3, -0.25) is 0 Å². The Bertz CT molecular complexity index is 344. The van der Waals surface area contributed by atoms with Crippen LogP contribution >= 0.6 is 15.9 Å². The lowest BCUT2D eigenvalue weighted by Crippen LogP contribution is -2.15. The molecule has 1 saturated carbocycles. The Balaban J connectivity index is 2.09. The number of benzene rings is 1. The minimum absolute atomic E-state index is 0.301. The number of rotatable bonds is 3. The van der Waals surface area contributed by atoms with E-state index in [4.69, 9.17) is 0 Å². The largest absolute Gasteiger partial charge is 0.388 e. The number of aliphatic hydroxyl groups is 1. The summed E-state index contributed by atoms with van der Waals surface area (Å²) in [5.41, 5.74) is 2.25. The first-order chi connectivity index (χ1) is 7.16. The highest BCUT2D eigenvalue weighted by atomic mass is 79.9. The summed E-state index contributed by atoms with van der Waals surface area (Å²) < 4.78 is 1.03. The van der Waals surface area contributed by atoms with Crippen molar-refractivity contribution in [1.82, 2.24) is 0 Å². The molecule has 2 rings (SSSR count). The molecule has 0 heterocycles. The van der Waals surface area contributed by atoms with Crippen LogP contribution < -0.4 is 0 Å². The minimum Gasteiger partial charge on any atom is -0.388 e. The highest BCUT2D eigenvalue weighted by molar-refractivity contribution is 9.10. The minimum atomic E-state index is -0.301. The third-order valence-corrected chi connectivity index (χ3v) is 4.01. The zero-order valence-electron chi connectivity index (χ0n) is 9.04. The number of halogens is 1. The number of aryl methyl sites for hydroxylation is 1. The van der Waals surface area contributed by atoms with E-state index in [9.17, 15) is 5.11 Å². The standard InChI is InChI=1S/C13H17BrO/c1-9-5-6-12(14)11(7-9)13(15)8-10-3-2-4-10/h5-7,10,13,15H,2-4,8H2,1H3. The molecule has 1 aliphatic rings. The monoisotopic (exact) mass is 268 g/mol. The van der Waals surface area contributed by atoms with E-state index in [-0.39, 0.29) is 6.10 Å². The fraction of sp³-hybridized carbons (Fsp3) is 0.538. The Morgan fingerprint density at radius 2 is 2.20 bits per heavy atom. The summed E-state index contributed by atoms with van der Waals surface area (Å²) in [5.74, 6) is 0.743. The fourth-order valence-electron chi connectivity index (χ4n) is 2.09. The number of hydrogen-bond donors (Lipinski definition) is 1. The van der Waals surface area contributed by atoms with Gasteiger partial charge >= 0.3 is 0 Å². The van der Waals surface area contributed by atoms with Crippen LogP contribution in [0.25, 0.3) is 0 Å². The van der Waals surface area contributed by atoms with Crippen molar-refractivity contribution in [3.63, 3.8) is 0 Å². The molecule has 1 aromatic rings. The Morgan fingerprint density at radius 1 is 1.47 bits per heavy atom. The van der Waals surface area contributed by atoms with Crippen LogP contribution in [0.1, 0.15) is 42.9 Å². The summed E-state index contributed by atoms with van der Waals surface area (Å²) >= 11 is 3.50. The Kier molecular flexibility index (Phi) is 3.47. The molecule has 0 spiro atoms. The summed E-state index contributed by atoms with van der Waals surface area (Å²) in [6, 6.07) is 6.16. The zero-order chi connectivity index (χ0) is 10.8. The number of hydrogen-bond acceptors (Lipinski definition) is 1. The molecule has 0 saturated heterocycles. The quantitative estimate of drug-likeness (QED) is 0.879. The molecule has 1 aromatic carbocycles. The van der Waals surface area contributed by atoms with Crippen molar-refractivity contribution in [1.29, 1.82) is 0 Å². The maximum Gasteiger partial charge on any atom is 0.0803 e. The third-order valence-electron chi connectivity index (χ3n) is 3.29. The van der Waals surface area contributed by atoms with Crippen LogP contribution in [0.3, 0.4) is 0 Å². The molecule has 2 heteroatoms. The van der Waals surface area contributed by atoms with E-state index in [2.05, 4.69) is 35.0 Å². The molecule has 15 heavy (non-hydrogen) atoms. The summed E-state index contributed by atoms with van der Waals surface area (Å²) in [6.07, 6.45) is 4.54. The topological polar surface area (TPSA) is 20.2 Å². The molecular formula is C13H17BrO. The van der Waals surface area contributed by atoms with E-state index in [1.807, 2.05) is 6.07 Å². The molecule has 1 N–H and O–H groups in total. The molecule has 0 amide bonds. The van der Waals surface area contributed by atoms with Gasteiger partial charge in [-0.1, -0.05) is 52.9 Å². The normalized spacial score (nSPS) is 18.6. The predicted molar refractivity (Wildman–Crippen MR) is 65.8 cm³/mol. The van der Waals surface area contributed by atoms with Gasteiger partial charge in [-0.05, 0) is 30.9 Å². The van der Waals surface area contributed by atoms with Crippen molar-refractivity contribution in [2.24, 2.45) is 5.92 Å². The number of aliphatic hydroxyl groups excluding tert-OH is 1. The van der Waals surface area contributed by atoms with Gasteiger partial charge in [0.2, 0.25) is 0 Å². The lowest BCUT2D eigenvalue weighted by atomic mass is 9.80. The van der Waals surface area contributed by atoms with E-state index >= 15 is 0 Å². The third kappa shape index (κ3) is 2.61. The van der Waals surface area contributed by atoms with Gasteiger partial charge < -0.3 is 5.11 Å². The molecule has 0 bridgehead atoms. The van der Waals surface area contributed by atoms with E-state index < -0.39 is 0 Å². The predicted octanol–water partition coefficient (Wildman–Crippen LogP) is 3.98. The molecule has 1 aliphatic carbocycles. The first-order valence-corrected chi connectivity index (χ1v) is 6.40. The van der Waals surface area contributed by atoms with Crippen molar-refractivity contribution >= 4 is 15.9 Å². The summed E-state index contributed by atoms with van der Waals surface area (Å²) in [7, 11) is 0. The van der Waals surface area contributed by atoms with Gasteiger partial charge in [0.1, 0.15) is 0 Å². The Labute approximate surface area is 99.6 Å². The van der Waals surface area contributed by atoms with Crippen LogP contribution in [-0.4, -0.2) is 5.11 Å². The second-order valence-electron chi connectivity index (χ2n) is 4.57. The highest BCUT2D eigenvalue weighted by Gasteiger charge is 2.22. The molecule has 0 aliphatic heterocycles. The van der Waals surface area contributed by atoms with Gasteiger partial charge in [-0.15, -0.1) is 0 Å². The maximum atomic E-state index is 10.1. The van der Waals surface area contributed by atoms with Gasteiger partial charge in [-0.25, -0.2) is 0 Å². The molecule has 0 aromatic heterocycles. The molecule has 82 valence electrons. The average Bonchev–Trinajstić information content (AvgIpc) is 2.15. The van der Waals surface area contributed by atoms with Crippen LogP contribution in [0.15, 0.2) is 22.7 Å². The van der Waals surface area contributed by atoms with Gasteiger partial charge in [0, 0.05) is 4.47 Å². The summed E-state index contributed by atoms with van der Waals surface area (Å²) in [4.78, 5) is 0. The van der Waals surface area contributed by atoms with Crippen LogP contribution in [0.4, 0.5) is 0 Å². The lowest BCUT2D eigenvalue weighted by Gasteiger charge is -2.28. The van der Waals surface area contributed by atoms with Gasteiger partial charge in [0.05, 0.1) is 6.10 Å². The Hall–Kier alpha value is -0.340. The van der Waals surface area contributed by atoms with E-state index in [1.54, 1.807) is 0 Å². The van der Waals surface area contributed by atoms with Crippen molar-refractivity contribution in [2.75, 3.05) is 0 Å². The van der Waals surface area contributed by atoms with Crippen molar-refractivity contribution < 1.29 is 5.11 Å². The molecule has 1 fully saturated rings. The maximum absolute atomic E-state index is 10.1. The van der Waals surface area contributed by atoms with Crippen molar-refractivity contribution in [3.8, 4) is 0 Å². The molecule has 1 unspecified atom stereocenters. The Morgan fingerprint density at radius 3 is 2.80 bits per heavy atom. The first-order valence-electron chi connectivity index (χ1n) is 5.61. The fourth-order valence-corrected chi connectivity index (χ4v) is 2.60. The van der Waals surface area contributed by atoms with E-state index in [1.165, 1.54) is 24.8 Å². The molecule has 0 radical (unpaired) electrons. The van der Waals surface area contributed by atoms with Gasteiger partial charge in [0.15, 0.2) is 0 Å². The molecule has 1 nitrogen and oxygen atoms in total. The van der Waals surface area contributed by atoms with Crippen LogP contribution in [-0.2, 0) is 0 Å². The second kappa shape index (κ2) is 4.67. The van der Waals surface area contributed by atoms with E-state index in [0.717, 1.165) is 22.4 Å². The van der Waals surface area contributed by atoms with Gasteiger partial charge in [0.25, 0.3) is 0 Å². The van der Waals surface area contributed by atoms with Crippen molar-refractivity contribution in [2.45, 2.75) is 38.7 Å². The van der Waals surface area contributed by atoms with Crippen LogP contribution in [0.2, 0.25) is 0 Å². The lowest BCUT2D eigenvalue weighted by molar-refractivity contribution is 0.118. The first kappa shape index (κ1) is 11.2. The smallest absolute Gasteiger partial charge is 0.0803 e. The van der Waals surface area contributed by atoms with Crippen LogP contribution in [0.5, 0.6) is 0 Å². The summed E-state index contributed by atoms with van der Waals surface area (Å²) in [6.45, 7) is 2.06. The molecular weight excluding hydrogens is 252 g/mol. The van der Waals surface area contributed by atoms with Gasteiger partial charge in [-0.2, -0.15) is 0 Å². The highest BCUT2D eigenvalue weighted by Crippen LogP contribution is 2.36. The molecule has 1 atom stereocenters.